The second-order valence-corrected chi connectivity index (χ2v) is 7.77. The fourth-order valence-corrected chi connectivity index (χ4v) is 4.59. The Hall–Kier alpha value is -1.46. The zero-order valence-corrected chi connectivity index (χ0v) is 15.5. The average Bonchev–Trinajstić information content (AvgIpc) is 3.31. The predicted octanol–water partition coefficient (Wildman–Crippen LogP) is 3.41. The summed E-state index contributed by atoms with van der Waals surface area (Å²) in [4.78, 5) is 15.0. The minimum absolute atomic E-state index is 0.0240. The molecule has 2 unspecified atom stereocenters. The lowest BCUT2D eigenvalue weighted by molar-refractivity contribution is -0.123. The van der Waals surface area contributed by atoms with Crippen LogP contribution in [0, 0.1) is 11.7 Å². The molecule has 1 amide bonds. The van der Waals surface area contributed by atoms with E-state index in [0.717, 1.165) is 50.6 Å². The van der Waals surface area contributed by atoms with Crippen molar-refractivity contribution in [1.82, 2.24) is 10.2 Å². The molecule has 1 heterocycles. The Balaban J connectivity index is 1.62. The van der Waals surface area contributed by atoms with Crippen LogP contribution >= 0.6 is 0 Å². The van der Waals surface area contributed by atoms with Gasteiger partial charge in [-0.3, -0.25) is 9.69 Å². The van der Waals surface area contributed by atoms with E-state index >= 15 is 0 Å². The molecule has 4 nitrogen and oxygen atoms in total. The van der Waals surface area contributed by atoms with E-state index in [1.807, 2.05) is 0 Å². The maximum atomic E-state index is 13.3. The molecule has 1 aromatic rings. The lowest BCUT2D eigenvalue weighted by Gasteiger charge is -2.28. The van der Waals surface area contributed by atoms with Gasteiger partial charge >= 0.3 is 0 Å². The minimum Gasteiger partial charge on any atom is -0.396 e. The van der Waals surface area contributed by atoms with Crippen molar-refractivity contribution in [3.63, 3.8) is 0 Å². The van der Waals surface area contributed by atoms with Gasteiger partial charge in [-0.05, 0) is 68.7 Å². The molecule has 0 bridgehead atoms. The van der Waals surface area contributed by atoms with Gasteiger partial charge in [0.05, 0.1) is 12.6 Å². The fourth-order valence-electron chi connectivity index (χ4n) is 4.59. The van der Waals surface area contributed by atoms with Gasteiger partial charge in [0, 0.05) is 12.6 Å². The van der Waals surface area contributed by atoms with Gasteiger partial charge in [-0.2, -0.15) is 0 Å². The highest BCUT2D eigenvalue weighted by atomic mass is 19.1. The van der Waals surface area contributed by atoms with E-state index in [0.29, 0.717) is 18.5 Å². The van der Waals surface area contributed by atoms with E-state index in [2.05, 4.69) is 10.2 Å². The highest BCUT2D eigenvalue weighted by molar-refractivity contribution is 5.78. The maximum absolute atomic E-state index is 13.3. The molecule has 2 atom stereocenters. The molecule has 5 heteroatoms. The number of likely N-dealkylation sites (tertiary alicyclic amines) is 1. The molecular weight excluding hydrogens is 331 g/mol. The summed E-state index contributed by atoms with van der Waals surface area (Å²) in [7, 11) is 0. The van der Waals surface area contributed by atoms with Gasteiger partial charge in [0.1, 0.15) is 5.82 Å². The molecule has 1 aliphatic carbocycles. The van der Waals surface area contributed by atoms with Crippen molar-refractivity contribution in [2.75, 3.05) is 19.7 Å². The monoisotopic (exact) mass is 362 g/mol. The number of nitrogens with zero attached hydrogens (tertiary/aromatic N) is 1. The van der Waals surface area contributed by atoms with E-state index < -0.39 is 0 Å². The van der Waals surface area contributed by atoms with Crippen molar-refractivity contribution in [2.45, 2.75) is 63.5 Å². The first kappa shape index (κ1) is 19.3. The SMILES string of the molecule is O=C(CN1CCCC1CCCO)NC(c1ccc(F)cc1)C1CCCC1. The first-order valence-electron chi connectivity index (χ1n) is 10.1. The highest BCUT2D eigenvalue weighted by Crippen LogP contribution is 2.35. The van der Waals surface area contributed by atoms with Gasteiger partial charge < -0.3 is 10.4 Å². The standard InChI is InChI=1S/C21H31FN2O2/c22-18-11-9-17(10-12-18)21(16-5-1-2-6-16)23-20(26)15-24-13-3-7-19(24)8-4-14-25/h9-12,16,19,21,25H,1-8,13-15H2,(H,23,26). The number of nitrogens with one attached hydrogen (secondary N) is 1. The third-order valence-electron chi connectivity index (χ3n) is 5.96. The Kier molecular flexibility index (Phi) is 7.03. The number of aliphatic hydroxyl groups is 1. The predicted molar refractivity (Wildman–Crippen MR) is 100 cm³/mol. The second-order valence-electron chi connectivity index (χ2n) is 7.77. The first-order valence-corrected chi connectivity index (χ1v) is 10.1. The van der Waals surface area contributed by atoms with Crippen molar-refractivity contribution in [3.05, 3.63) is 35.6 Å². The molecule has 2 aliphatic rings. The van der Waals surface area contributed by atoms with E-state index in [1.165, 1.54) is 25.0 Å². The Labute approximate surface area is 155 Å². The van der Waals surface area contributed by atoms with Crippen LogP contribution in [0.25, 0.3) is 0 Å². The molecule has 2 fully saturated rings. The van der Waals surface area contributed by atoms with Crippen LogP contribution in [0.2, 0.25) is 0 Å². The van der Waals surface area contributed by atoms with Crippen molar-refractivity contribution in [1.29, 1.82) is 0 Å². The van der Waals surface area contributed by atoms with Crippen molar-refractivity contribution in [3.8, 4) is 0 Å². The van der Waals surface area contributed by atoms with E-state index in [4.69, 9.17) is 5.11 Å². The Bertz CT molecular complexity index is 572. The van der Waals surface area contributed by atoms with Gasteiger partial charge in [-0.15, -0.1) is 0 Å². The molecular formula is C21H31FN2O2. The quantitative estimate of drug-likeness (QED) is 0.745. The molecule has 2 N–H and O–H groups in total. The van der Waals surface area contributed by atoms with Gasteiger partial charge in [0.2, 0.25) is 5.91 Å². The summed E-state index contributed by atoms with van der Waals surface area (Å²) in [5.74, 6) is 0.254. The zero-order valence-electron chi connectivity index (χ0n) is 15.5. The van der Waals surface area contributed by atoms with E-state index in [9.17, 15) is 9.18 Å². The summed E-state index contributed by atoms with van der Waals surface area (Å²) in [5.41, 5.74) is 1.00. The van der Waals surface area contributed by atoms with Crippen LogP contribution in [-0.4, -0.2) is 41.7 Å². The molecule has 3 rings (SSSR count). The Morgan fingerprint density at radius 3 is 2.62 bits per heavy atom. The van der Waals surface area contributed by atoms with Gasteiger partial charge in [0.15, 0.2) is 0 Å². The van der Waals surface area contributed by atoms with Crippen LogP contribution in [0.1, 0.15) is 63.0 Å². The number of hydrogen-bond donors (Lipinski definition) is 2. The normalized spacial score (nSPS) is 22.6. The van der Waals surface area contributed by atoms with E-state index in [1.54, 1.807) is 12.1 Å². The largest absolute Gasteiger partial charge is 0.396 e. The number of hydrogen-bond acceptors (Lipinski definition) is 3. The molecule has 0 spiro atoms. The molecule has 0 aromatic heterocycles. The molecule has 1 saturated carbocycles. The fraction of sp³-hybridized carbons (Fsp3) is 0.667. The topological polar surface area (TPSA) is 52.6 Å². The summed E-state index contributed by atoms with van der Waals surface area (Å²) in [6.45, 7) is 1.58. The van der Waals surface area contributed by atoms with Crippen LogP contribution in [0.3, 0.4) is 0 Å². The molecule has 144 valence electrons. The third kappa shape index (κ3) is 5.04. The van der Waals surface area contributed by atoms with E-state index in [-0.39, 0.29) is 24.4 Å². The van der Waals surface area contributed by atoms with Crippen LogP contribution in [0.4, 0.5) is 4.39 Å². The van der Waals surface area contributed by atoms with Crippen LogP contribution < -0.4 is 5.32 Å². The summed E-state index contributed by atoms with van der Waals surface area (Å²) in [6, 6.07) is 6.95. The summed E-state index contributed by atoms with van der Waals surface area (Å²) >= 11 is 0. The van der Waals surface area contributed by atoms with Gasteiger partial charge in [-0.1, -0.05) is 25.0 Å². The lowest BCUT2D eigenvalue weighted by atomic mass is 9.91. The smallest absolute Gasteiger partial charge is 0.234 e. The number of carbonyl (C=O) groups is 1. The zero-order chi connectivity index (χ0) is 18.4. The molecule has 1 saturated heterocycles. The number of carbonyl (C=O) groups excluding carboxylic acids is 1. The summed E-state index contributed by atoms with van der Waals surface area (Å²) < 4.78 is 13.3. The molecule has 0 radical (unpaired) electrons. The first-order chi connectivity index (χ1) is 12.7. The average molecular weight is 362 g/mol. The second kappa shape index (κ2) is 9.47. The van der Waals surface area contributed by atoms with Crippen LogP contribution in [0.5, 0.6) is 0 Å². The number of aliphatic hydroxyl groups excluding tert-OH is 1. The Morgan fingerprint density at radius 1 is 1.19 bits per heavy atom. The highest BCUT2D eigenvalue weighted by Gasteiger charge is 2.30. The third-order valence-corrected chi connectivity index (χ3v) is 5.96. The van der Waals surface area contributed by atoms with Crippen LogP contribution in [-0.2, 0) is 4.79 Å². The van der Waals surface area contributed by atoms with Gasteiger partial charge in [-0.25, -0.2) is 4.39 Å². The molecule has 1 aromatic carbocycles. The number of benzene rings is 1. The maximum Gasteiger partial charge on any atom is 0.234 e. The Morgan fingerprint density at radius 2 is 1.92 bits per heavy atom. The number of amides is 1. The van der Waals surface area contributed by atoms with Crippen molar-refractivity contribution in [2.24, 2.45) is 5.92 Å². The summed E-state index contributed by atoms with van der Waals surface area (Å²) in [6.07, 6.45) is 8.61. The minimum atomic E-state index is -0.242. The number of halogens is 1. The molecule has 1 aliphatic heterocycles. The van der Waals surface area contributed by atoms with Gasteiger partial charge in [0.25, 0.3) is 0 Å². The van der Waals surface area contributed by atoms with Crippen LogP contribution in [0.15, 0.2) is 24.3 Å². The molecule has 26 heavy (non-hydrogen) atoms. The number of rotatable bonds is 8. The van der Waals surface area contributed by atoms with Crippen molar-refractivity contribution >= 4 is 5.91 Å². The summed E-state index contributed by atoms with van der Waals surface area (Å²) in [5, 5.41) is 12.3. The lowest BCUT2D eigenvalue weighted by Crippen LogP contribution is -2.42. The van der Waals surface area contributed by atoms with Crippen molar-refractivity contribution < 1.29 is 14.3 Å².